The van der Waals surface area contributed by atoms with E-state index in [1.54, 1.807) is 6.07 Å². The molecule has 0 saturated heterocycles. The predicted octanol–water partition coefficient (Wildman–Crippen LogP) is 3.33. The molecule has 1 heterocycles. The third kappa shape index (κ3) is 2.91. The number of nitrogens with zero attached hydrogens (tertiary/aromatic N) is 3. The maximum Gasteiger partial charge on any atom is 0.150 e. The number of nitrogens with one attached hydrogen (secondary N) is 1. The number of rotatable bonds is 4. The molecule has 0 atom stereocenters. The lowest BCUT2D eigenvalue weighted by atomic mass is 10.1. The van der Waals surface area contributed by atoms with Crippen molar-refractivity contribution in [1.29, 1.82) is 0 Å². The second-order valence-electron chi connectivity index (χ2n) is 4.79. The summed E-state index contributed by atoms with van der Waals surface area (Å²) in [6.07, 6.45) is 2.85. The van der Waals surface area contributed by atoms with E-state index in [1.807, 2.05) is 18.2 Å². The first kappa shape index (κ1) is 13.3. The Hall–Kier alpha value is -2.69. The Balaban J connectivity index is 1.76. The van der Waals surface area contributed by atoms with Gasteiger partial charge in [0.05, 0.1) is 0 Å². The molecule has 0 radical (unpaired) electrons. The lowest BCUT2D eigenvalue weighted by Crippen LogP contribution is -2.03. The highest BCUT2D eigenvalue weighted by atomic mass is 19.1. The number of benzene rings is 2. The summed E-state index contributed by atoms with van der Waals surface area (Å²) >= 11 is 0. The maximum absolute atomic E-state index is 14.1. The van der Waals surface area contributed by atoms with E-state index in [0.717, 1.165) is 5.69 Å². The van der Waals surface area contributed by atoms with Gasteiger partial charge in [0, 0.05) is 12.2 Å². The van der Waals surface area contributed by atoms with Gasteiger partial charge >= 0.3 is 0 Å². The first-order valence-electron chi connectivity index (χ1n) is 6.67. The quantitative estimate of drug-likeness (QED) is 0.798. The van der Waals surface area contributed by atoms with Crippen molar-refractivity contribution in [1.82, 2.24) is 14.8 Å². The van der Waals surface area contributed by atoms with E-state index >= 15 is 0 Å². The highest BCUT2D eigenvalue weighted by Gasteiger charge is 2.06. The smallest absolute Gasteiger partial charge is 0.150 e. The number of hydrogen-bond donors (Lipinski definition) is 1. The summed E-state index contributed by atoms with van der Waals surface area (Å²) in [7, 11) is 0. The third-order valence-corrected chi connectivity index (χ3v) is 3.36. The van der Waals surface area contributed by atoms with Crippen LogP contribution in [0, 0.1) is 12.7 Å². The van der Waals surface area contributed by atoms with E-state index in [0.29, 0.717) is 12.2 Å². The van der Waals surface area contributed by atoms with E-state index in [-0.39, 0.29) is 5.82 Å². The van der Waals surface area contributed by atoms with Crippen LogP contribution in [0.15, 0.2) is 55.1 Å². The standard InChI is InChI=1S/C16H15FN4/c1-12-4-2-3-5-13(12)9-19-14-6-7-16(15(17)8-14)21-11-18-10-20-21/h2-8,10-11,19H,9H2,1H3. The molecule has 1 aromatic heterocycles. The van der Waals surface area contributed by atoms with Crippen LogP contribution in [0.1, 0.15) is 11.1 Å². The SMILES string of the molecule is Cc1ccccc1CNc1ccc(-n2cncn2)c(F)c1. The van der Waals surface area contributed by atoms with Crippen LogP contribution in [-0.2, 0) is 6.54 Å². The largest absolute Gasteiger partial charge is 0.381 e. The number of aryl methyl sites for hydroxylation is 1. The van der Waals surface area contributed by atoms with Crippen molar-refractivity contribution in [2.24, 2.45) is 0 Å². The fraction of sp³-hybridized carbons (Fsp3) is 0.125. The van der Waals surface area contributed by atoms with E-state index in [2.05, 4.69) is 34.5 Å². The summed E-state index contributed by atoms with van der Waals surface area (Å²) in [5.74, 6) is -0.338. The molecule has 0 bridgehead atoms. The molecule has 4 nitrogen and oxygen atoms in total. The van der Waals surface area contributed by atoms with Gasteiger partial charge in [0.2, 0.25) is 0 Å². The van der Waals surface area contributed by atoms with Gasteiger partial charge in [-0.25, -0.2) is 14.1 Å². The van der Waals surface area contributed by atoms with Crippen LogP contribution >= 0.6 is 0 Å². The molecule has 3 aromatic rings. The van der Waals surface area contributed by atoms with Gasteiger partial charge < -0.3 is 5.32 Å². The van der Waals surface area contributed by atoms with Crippen LogP contribution in [0.2, 0.25) is 0 Å². The molecule has 2 aromatic carbocycles. The Kier molecular flexibility index (Phi) is 3.64. The number of anilines is 1. The summed E-state index contributed by atoms with van der Waals surface area (Å²) in [6.45, 7) is 2.72. The van der Waals surface area contributed by atoms with Gasteiger partial charge in [0.15, 0.2) is 5.82 Å². The van der Waals surface area contributed by atoms with Gasteiger partial charge in [-0.05, 0) is 36.2 Å². The van der Waals surface area contributed by atoms with Crippen LogP contribution in [0.3, 0.4) is 0 Å². The van der Waals surface area contributed by atoms with Gasteiger partial charge in [0.1, 0.15) is 18.3 Å². The Morgan fingerprint density at radius 3 is 2.76 bits per heavy atom. The third-order valence-electron chi connectivity index (χ3n) is 3.36. The Labute approximate surface area is 122 Å². The van der Waals surface area contributed by atoms with Gasteiger partial charge in [0.25, 0.3) is 0 Å². The van der Waals surface area contributed by atoms with Crippen LogP contribution in [0.4, 0.5) is 10.1 Å². The zero-order chi connectivity index (χ0) is 14.7. The van der Waals surface area contributed by atoms with Gasteiger partial charge in [-0.1, -0.05) is 24.3 Å². The Morgan fingerprint density at radius 2 is 2.05 bits per heavy atom. The summed E-state index contributed by atoms with van der Waals surface area (Å²) in [5, 5.41) is 7.16. The van der Waals surface area contributed by atoms with E-state index < -0.39 is 0 Å². The van der Waals surface area contributed by atoms with Crippen LogP contribution in [-0.4, -0.2) is 14.8 Å². The first-order valence-corrected chi connectivity index (χ1v) is 6.67. The normalized spacial score (nSPS) is 10.6. The fourth-order valence-corrected chi connectivity index (χ4v) is 2.14. The monoisotopic (exact) mass is 282 g/mol. The van der Waals surface area contributed by atoms with E-state index in [9.17, 15) is 4.39 Å². The molecular formula is C16H15FN4. The van der Waals surface area contributed by atoms with E-state index in [1.165, 1.54) is 34.5 Å². The van der Waals surface area contributed by atoms with E-state index in [4.69, 9.17) is 0 Å². The summed E-state index contributed by atoms with van der Waals surface area (Å²) in [6, 6.07) is 13.1. The lowest BCUT2D eigenvalue weighted by Gasteiger charge is -2.10. The van der Waals surface area contributed by atoms with Crippen molar-refractivity contribution in [3.05, 3.63) is 72.1 Å². The molecule has 0 saturated carbocycles. The Bertz CT molecular complexity index is 738. The molecule has 0 aliphatic heterocycles. The van der Waals surface area contributed by atoms with Gasteiger partial charge in [-0.15, -0.1) is 0 Å². The number of hydrogen-bond acceptors (Lipinski definition) is 3. The molecule has 1 N–H and O–H groups in total. The molecule has 0 fully saturated rings. The fourth-order valence-electron chi connectivity index (χ4n) is 2.14. The molecule has 0 spiro atoms. The molecule has 0 unspecified atom stereocenters. The zero-order valence-corrected chi connectivity index (χ0v) is 11.6. The average Bonchev–Trinajstić information content (AvgIpc) is 3.00. The van der Waals surface area contributed by atoms with Crippen LogP contribution < -0.4 is 5.32 Å². The summed E-state index contributed by atoms with van der Waals surface area (Å²) in [4.78, 5) is 3.82. The molecule has 3 rings (SSSR count). The molecule has 5 heteroatoms. The predicted molar refractivity (Wildman–Crippen MR) is 79.8 cm³/mol. The Morgan fingerprint density at radius 1 is 1.19 bits per heavy atom. The van der Waals surface area contributed by atoms with Crippen LogP contribution in [0.5, 0.6) is 0 Å². The molecular weight excluding hydrogens is 267 g/mol. The maximum atomic E-state index is 14.1. The van der Waals surface area contributed by atoms with Gasteiger partial charge in [-0.3, -0.25) is 0 Å². The van der Waals surface area contributed by atoms with Crippen molar-refractivity contribution >= 4 is 5.69 Å². The molecule has 0 aliphatic rings. The van der Waals surface area contributed by atoms with Gasteiger partial charge in [-0.2, -0.15) is 5.10 Å². The van der Waals surface area contributed by atoms with Crippen molar-refractivity contribution in [2.45, 2.75) is 13.5 Å². The highest BCUT2D eigenvalue weighted by molar-refractivity contribution is 5.50. The van der Waals surface area contributed by atoms with Crippen LogP contribution in [0.25, 0.3) is 5.69 Å². The second-order valence-corrected chi connectivity index (χ2v) is 4.79. The summed E-state index contributed by atoms with van der Waals surface area (Å²) < 4.78 is 15.5. The molecule has 21 heavy (non-hydrogen) atoms. The minimum absolute atomic E-state index is 0.338. The minimum Gasteiger partial charge on any atom is -0.381 e. The molecule has 0 amide bonds. The molecule has 106 valence electrons. The van der Waals surface area contributed by atoms with Crippen molar-refractivity contribution in [2.75, 3.05) is 5.32 Å². The minimum atomic E-state index is -0.338. The zero-order valence-electron chi connectivity index (χ0n) is 11.6. The highest BCUT2D eigenvalue weighted by Crippen LogP contribution is 2.18. The van der Waals surface area contributed by atoms with Crippen molar-refractivity contribution in [3.63, 3.8) is 0 Å². The van der Waals surface area contributed by atoms with Crippen molar-refractivity contribution < 1.29 is 4.39 Å². The average molecular weight is 282 g/mol. The molecule has 0 aliphatic carbocycles. The number of aromatic nitrogens is 3. The van der Waals surface area contributed by atoms with Crippen molar-refractivity contribution in [3.8, 4) is 5.69 Å². The first-order chi connectivity index (χ1) is 10.2. The number of halogens is 1. The lowest BCUT2D eigenvalue weighted by molar-refractivity contribution is 0.611. The second kappa shape index (κ2) is 5.75. The summed E-state index contributed by atoms with van der Waals surface area (Å²) in [5.41, 5.74) is 3.52. The topological polar surface area (TPSA) is 42.7 Å².